The van der Waals surface area contributed by atoms with E-state index in [9.17, 15) is 13.2 Å². The fourth-order valence-corrected chi connectivity index (χ4v) is 6.87. The number of piperidine rings is 1. The van der Waals surface area contributed by atoms with E-state index in [0.717, 1.165) is 30.6 Å². The Kier molecular flexibility index (Phi) is 4.13. The average molecular weight is 418 g/mol. The lowest BCUT2D eigenvalue weighted by Gasteiger charge is -2.34. The maximum atomic E-state index is 13.4. The molecule has 1 fully saturated rings. The molecular weight excluding hydrogens is 398 g/mol. The van der Waals surface area contributed by atoms with E-state index in [1.165, 1.54) is 28.1 Å². The Morgan fingerprint density at radius 3 is 2.86 bits per heavy atom. The van der Waals surface area contributed by atoms with E-state index in [4.69, 9.17) is 0 Å². The van der Waals surface area contributed by atoms with Gasteiger partial charge in [-0.05, 0) is 30.9 Å². The quantitative estimate of drug-likeness (QED) is 0.642. The molecule has 146 valence electrons. The van der Waals surface area contributed by atoms with E-state index in [-0.39, 0.29) is 5.56 Å². The Bertz CT molecular complexity index is 1200. The Balaban J connectivity index is 1.44. The number of hydrogen-bond acceptors (Lipinski definition) is 7. The fourth-order valence-electron chi connectivity index (χ4n) is 3.97. The second-order valence-electron chi connectivity index (χ2n) is 7.07. The molecule has 1 unspecified atom stereocenters. The first-order valence-electron chi connectivity index (χ1n) is 9.23. The molecule has 0 radical (unpaired) electrons. The Labute approximate surface area is 166 Å². The lowest BCUT2D eigenvalue weighted by Crippen LogP contribution is -2.47. The first-order chi connectivity index (χ1) is 13.5. The second kappa shape index (κ2) is 6.56. The van der Waals surface area contributed by atoms with Crippen LogP contribution in [0, 0.1) is 0 Å². The Hall–Kier alpha value is -2.46. The lowest BCUT2D eigenvalue weighted by molar-refractivity contribution is 0.528. The normalized spacial score (nSPS) is 19.9. The van der Waals surface area contributed by atoms with Crippen molar-refractivity contribution >= 4 is 37.1 Å². The van der Waals surface area contributed by atoms with Crippen molar-refractivity contribution in [3.05, 3.63) is 52.4 Å². The van der Waals surface area contributed by atoms with Crippen molar-refractivity contribution in [3.63, 3.8) is 0 Å². The third-order valence-corrected chi connectivity index (χ3v) is 8.59. The van der Waals surface area contributed by atoms with Crippen LogP contribution in [0.5, 0.6) is 0 Å². The van der Waals surface area contributed by atoms with E-state index in [1.807, 2.05) is 29.2 Å². The van der Waals surface area contributed by atoms with Gasteiger partial charge in [0.05, 0.1) is 10.9 Å². The fraction of sp³-hybridized carbons (Fsp3) is 0.389. The lowest BCUT2D eigenvalue weighted by atomic mass is 10.1. The first kappa shape index (κ1) is 17.6. The molecule has 8 nitrogen and oxygen atoms in total. The van der Waals surface area contributed by atoms with Gasteiger partial charge in [0.25, 0.3) is 5.56 Å². The summed E-state index contributed by atoms with van der Waals surface area (Å²) in [6.07, 6.45) is 3.60. The monoisotopic (exact) mass is 417 g/mol. The van der Waals surface area contributed by atoms with Gasteiger partial charge >= 0.3 is 0 Å². The number of benzene rings is 1. The van der Waals surface area contributed by atoms with Gasteiger partial charge in [0.15, 0.2) is 0 Å². The zero-order chi connectivity index (χ0) is 19.3. The molecule has 1 atom stereocenters. The number of aromatic nitrogens is 3. The highest BCUT2D eigenvalue weighted by atomic mass is 32.2. The molecule has 2 aromatic heterocycles. The molecule has 2 aliphatic heterocycles. The summed E-state index contributed by atoms with van der Waals surface area (Å²) in [6.45, 7) is 1.59. The van der Waals surface area contributed by atoms with E-state index in [0.29, 0.717) is 29.6 Å². The van der Waals surface area contributed by atoms with Crippen LogP contribution in [0.4, 0.5) is 10.8 Å². The van der Waals surface area contributed by atoms with Gasteiger partial charge in [-0.3, -0.25) is 9.10 Å². The standard InChI is InChI=1S/C18H19N5O3S2/c24-16-7-9-19-17-23(16)20-18(27-17)21-10-3-5-14(12-21)28(25,26)22-11-8-13-4-1-2-6-15(13)22/h1-2,4,6-7,9,14H,3,5,8,10-12H2. The molecule has 0 bridgehead atoms. The predicted octanol–water partition coefficient (Wildman–Crippen LogP) is 1.51. The third-order valence-electron chi connectivity index (χ3n) is 5.38. The van der Waals surface area contributed by atoms with Gasteiger partial charge in [-0.15, -0.1) is 5.10 Å². The first-order valence-corrected chi connectivity index (χ1v) is 11.6. The summed E-state index contributed by atoms with van der Waals surface area (Å²) in [6, 6.07) is 9.06. The molecule has 0 N–H and O–H groups in total. The second-order valence-corrected chi connectivity index (χ2v) is 10.1. The zero-order valence-electron chi connectivity index (χ0n) is 15.1. The summed E-state index contributed by atoms with van der Waals surface area (Å²) < 4.78 is 29.6. The maximum Gasteiger partial charge on any atom is 0.275 e. The molecule has 28 heavy (non-hydrogen) atoms. The Morgan fingerprint density at radius 2 is 2.00 bits per heavy atom. The molecule has 0 aliphatic carbocycles. The van der Waals surface area contributed by atoms with Gasteiger partial charge in [0.1, 0.15) is 0 Å². The highest BCUT2D eigenvalue weighted by Crippen LogP contribution is 2.34. The molecule has 3 aromatic rings. The van der Waals surface area contributed by atoms with E-state index in [2.05, 4.69) is 10.1 Å². The minimum Gasteiger partial charge on any atom is -0.345 e. The van der Waals surface area contributed by atoms with Crippen molar-refractivity contribution in [2.24, 2.45) is 0 Å². The minimum absolute atomic E-state index is 0.234. The summed E-state index contributed by atoms with van der Waals surface area (Å²) >= 11 is 1.31. The van der Waals surface area contributed by atoms with Crippen LogP contribution in [0.3, 0.4) is 0 Å². The molecule has 0 amide bonds. The van der Waals surface area contributed by atoms with Gasteiger partial charge in [0.2, 0.25) is 20.1 Å². The largest absolute Gasteiger partial charge is 0.345 e. The van der Waals surface area contributed by atoms with Crippen molar-refractivity contribution in [3.8, 4) is 0 Å². The number of nitrogens with zero attached hydrogens (tertiary/aromatic N) is 5. The molecule has 2 aliphatic rings. The smallest absolute Gasteiger partial charge is 0.275 e. The number of hydrogen-bond donors (Lipinski definition) is 0. The summed E-state index contributed by atoms with van der Waals surface area (Å²) in [7, 11) is -3.47. The minimum atomic E-state index is -3.47. The van der Waals surface area contributed by atoms with Crippen molar-refractivity contribution in [2.75, 3.05) is 28.8 Å². The van der Waals surface area contributed by atoms with Crippen LogP contribution >= 0.6 is 11.3 Å². The highest BCUT2D eigenvalue weighted by Gasteiger charge is 2.38. The topological polar surface area (TPSA) is 87.9 Å². The van der Waals surface area contributed by atoms with E-state index in [1.54, 1.807) is 4.31 Å². The van der Waals surface area contributed by atoms with Crippen LogP contribution in [0.2, 0.25) is 0 Å². The van der Waals surface area contributed by atoms with Crippen LogP contribution in [0.25, 0.3) is 4.96 Å². The number of rotatable bonds is 3. The number of sulfonamides is 1. The van der Waals surface area contributed by atoms with Crippen LogP contribution in [0.1, 0.15) is 18.4 Å². The highest BCUT2D eigenvalue weighted by molar-refractivity contribution is 7.93. The molecule has 1 aromatic carbocycles. The molecule has 1 saturated heterocycles. The van der Waals surface area contributed by atoms with Crippen LogP contribution in [-0.4, -0.2) is 47.9 Å². The van der Waals surface area contributed by atoms with E-state index < -0.39 is 15.3 Å². The SMILES string of the molecule is O=c1ccnc2sc(N3CCCC(S(=O)(=O)N4CCc5ccccc54)C3)nn12. The molecule has 0 saturated carbocycles. The number of anilines is 2. The van der Waals surface area contributed by atoms with Gasteiger partial charge in [-0.2, -0.15) is 4.52 Å². The van der Waals surface area contributed by atoms with Gasteiger partial charge in [-0.25, -0.2) is 13.4 Å². The summed E-state index contributed by atoms with van der Waals surface area (Å²) in [4.78, 5) is 18.6. The molecule has 0 spiro atoms. The van der Waals surface area contributed by atoms with E-state index >= 15 is 0 Å². The third kappa shape index (κ3) is 2.78. The Morgan fingerprint density at radius 1 is 1.14 bits per heavy atom. The molecule has 4 heterocycles. The zero-order valence-corrected chi connectivity index (χ0v) is 16.7. The number of para-hydroxylation sites is 1. The van der Waals surface area contributed by atoms with Crippen LogP contribution < -0.4 is 14.8 Å². The average Bonchev–Trinajstić information content (AvgIpc) is 3.33. The number of fused-ring (bicyclic) bond motifs is 2. The maximum absolute atomic E-state index is 13.4. The van der Waals surface area contributed by atoms with Gasteiger partial charge in [0, 0.05) is 31.9 Å². The van der Waals surface area contributed by atoms with Gasteiger partial charge in [-0.1, -0.05) is 29.5 Å². The molecular formula is C18H19N5O3S2. The molecule has 5 rings (SSSR count). The summed E-state index contributed by atoms with van der Waals surface area (Å²) in [5.41, 5.74) is 1.65. The van der Waals surface area contributed by atoms with Crippen LogP contribution in [0.15, 0.2) is 41.3 Å². The van der Waals surface area contributed by atoms with Crippen molar-refractivity contribution in [2.45, 2.75) is 24.5 Å². The van der Waals surface area contributed by atoms with Gasteiger partial charge < -0.3 is 4.90 Å². The summed E-state index contributed by atoms with van der Waals surface area (Å²) in [5, 5.41) is 4.50. The van der Waals surface area contributed by atoms with Crippen molar-refractivity contribution in [1.29, 1.82) is 0 Å². The van der Waals surface area contributed by atoms with Crippen LogP contribution in [-0.2, 0) is 16.4 Å². The molecule has 10 heteroatoms. The van der Waals surface area contributed by atoms with Crippen molar-refractivity contribution in [1.82, 2.24) is 14.6 Å². The summed E-state index contributed by atoms with van der Waals surface area (Å²) in [5.74, 6) is 0. The predicted molar refractivity (Wildman–Crippen MR) is 109 cm³/mol. The van der Waals surface area contributed by atoms with Crippen molar-refractivity contribution < 1.29 is 8.42 Å².